The van der Waals surface area contributed by atoms with E-state index in [-0.39, 0.29) is 11.8 Å². The van der Waals surface area contributed by atoms with Gasteiger partial charge in [-0.2, -0.15) is 0 Å². The van der Waals surface area contributed by atoms with Crippen molar-refractivity contribution in [2.45, 2.75) is 58.7 Å². The second-order valence-corrected chi connectivity index (χ2v) is 10.5. The number of aromatic nitrogens is 3. The quantitative estimate of drug-likeness (QED) is 0.394. The van der Waals surface area contributed by atoms with E-state index in [1.165, 1.54) is 0 Å². The van der Waals surface area contributed by atoms with Gasteiger partial charge in [-0.05, 0) is 70.9 Å². The molecular formula is C27H36N6O4. The van der Waals surface area contributed by atoms with Gasteiger partial charge < -0.3 is 29.9 Å². The number of amides is 1. The third kappa shape index (κ3) is 6.97. The summed E-state index contributed by atoms with van der Waals surface area (Å²) in [5.74, 6) is 0.809. The lowest BCUT2D eigenvalue weighted by molar-refractivity contribution is 0.0520. The smallest absolute Gasteiger partial charge is 0.407 e. The summed E-state index contributed by atoms with van der Waals surface area (Å²) >= 11 is 0. The van der Waals surface area contributed by atoms with Crippen molar-refractivity contribution in [3.05, 3.63) is 47.3 Å². The van der Waals surface area contributed by atoms with Crippen molar-refractivity contribution in [2.24, 2.45) is 0 Å². The minimum absolute atomic E-state index is 0.123. The van der Waals surface area contributed by atoms with Gasteiger partial charge in [0.1, 0.15) is 23.3 Å². The maximum Gasteiger partial charge on any atom is 0.407 e. The van der Waals surface area contributed by atoms with Gasteiger partial charge in [-0.3, -0.25) is 9.78 Å². The molecule has 3 N–H and O–H groups in total. The summed E-state index contributed by atoms with van der Waals surface area (Å²) in [6.07, 6.45) is 2.27. The van der Waals surface area contributed by atoms with Crippen molar-refractivity contribution in [1.82, 2.24) is 24.8 Å². The molecule has 3 heterocycles. The van der Waals surface area contributed by atoms with Crippen molar-refractivity contribution in [3.63, 3.8) is 0 Å². The van der Waals surface area contributed by atoms with Gasteiger partial charge in [0, 0.05) is 43.5 Å². The van der Waals surface area contributed by atoms with E-state index < -0.39 is 11.7 Å². The summed E-state index contributed by atoms with van der Waals surface area (Å²) in [6.45, 7) is 10.8. The predicted octanol–water partition coefficient (Wildman–Crippen LogP) is 3.71. The third-order valence-corrected chi connectivity index (χ3v) is 6.32. The van der Waals surface area contributed by atoms with E-state index >= 15 is 0 Å². The first-order valence-corrected chi connectivity index (χ1v) is 12.7. The molecular weight excluding hydrogens is 472 g/mol. The highest BCUT2D eigenvalue weighted by atomic mass is 16.6. The number of pyridine rings is 1. The van der Waals surface area contributed by atoms with Crippen LogP contribution >= 0.6 is 0 Å². The molecule has 0 aliphatic carbocycles. The Morgan fingerprint density at radius 2 is 1.95 bits per heavy atom. The Hall–Kier alpha value is -3.66. The van der Waals surface area contributed by atoms with Crippen LogP contribution in [-0.4, -0.2) is 74.7 Å². The number of hydrogen-bond donors (Lipinski definition) is 3. The normalized spacial score (nSPS) is 15.0. The summed E-state index contributed by atoms with van der Waals surface area (Å²) in [4.78, 5) is 34.9. The molecule has 0 unspecified atom stereocenters. The molecule has 10 nitrogen and oxygen atoms in total. The Kier molecular flexibility index (Phi) is 7.97. The largest absolute Gasteiger partial charge is 0.506 e. The number of likely N-dealkylation sites (tertiary alicyclic amines) is 1. The van der Waals surface area contributed by atoms with Gasteiger partial charge in [-0.1, -0.05) is 0 Å². The standard InChI is InChI=1S/C27H36N6O4/c1-18-5-8-24(35)22(29-18)16-33-23-15-19(17-34)6-7-21(23)31-25(33)30-20-9-12-32(13-10-20)14-11-28-26(36)37-27(2,3)4/h5-8,15,17,20,35H,9-14,16H2,1-4H3,(H,28,36)(H,30,31). The molecule has 3 aromatic rings. The van der Waals surface area contributed by atoms with E-state index in [0.29, 0.717) is 30.3 Å². The number of aryl methyl sites for hydroxylation is 1. The van der Waals surface area contributed by atoms with Gasteiger partial charge >= 0.3 is 6.09 Å². The minimum atomic E-state index is -0.506. The maximum atomic E-state index is 11.9. The molecule has 10 heteroatoms. The Morgan fingerprint density at radius 3 is 2.65 bits per heavy atom. The lowest BCUT2D eigenvalue weighted by Gasteiger charge is -2.32. The molecule has 1 aliphatic heterocycles. The van der Waals surface area contributed by atoms with E-state index in [1.807, 2.05) is 44.4 Å². The van der Waals surface area contributed by atoms with Crippen LogP contribution in [0.1, 0.15) is 55.4 Å². The van der Waals surface area contributed by atoms with E-state index in [1.54, 1.807) is 18.2 Å². The first kappa shape index (κ1) is 26.4. The third-order valence-electron chi connectivity index (χ3n) is 6.32. The number of ether oxygens (including phenoxy) is 1. The van der Waals surface area contributed by atoms with Crippen LogP contribution in [0.25, 0.3) is 11.0 Å². The van der Waals surface area contributed by atoms with E-state index in [2.05, 4.69) is 20.5 Å². The maximum absolute atomic E-state index is 11.9. The molecule has 1 fully saturated rings. The Bertz CT molecular complexity index is 1260. The fourth-order valence-corrected chi connectivity index (χ4v) is 4.47. The molecule has 1 amide bonds. The highest BCUT2D eigenvalue weighted by Gasteiger charge is 2.23. The SMILES string of the molecule is Cc1ccc(O)c(Cn2c(NC3CCN(CCNC(=O)OC(C)(C)C)CC3)nc3ccc(C=O)cc32)n1. The van der Waals surface area contributed by atoms with Crippen LogP contribution in [0.2, 0.25) is 0 Å². The first-order valence-electron chi connectivity index (χ1n) is 12.7. The van der Waals surface area contributed by atoms with E-state index in [9.17, 15) is 14.7 Å². The van der Waals surface area contributed by atoms with Crippen molar-refractivity contribution in [2.75, 3.05) is 31.5 Å². The van der Waals surface area contributed by atoms with Crippen LogP contribution in [0, 0.1) is 6.92 Å². The lowest BCUT2D eigenvalue weighted by Crippen LogP contribution is -2.43. The van der Waals surface area contributed by atoms with Gasteiger partial charge in [0.25, 0.3) is 0 Å². The Morgan fingerprint density at radius 1 is 1.19 bits per heavy atom. The highest BCUT2D eigenvalue weighted by molar-refractivity contribution is 5.86. The minimum Gasteiger partial charge on any atom is -0.506 e. The molecule has 0 bridgehead atoms. The molecule has 0 saturated carbocycles. The molecule has 1 aliphatic rings. The number of imidazole rings is 1. The molecule has 37 heavy (non-hydrogen) atoms. The summed E-state index contributed by atoms with van der Waals surface area (Å²) in [5.41, 5.74) is 2.99. The second-order valence-electron chi connectivity index (χ2n) is 10.5. The molecule has 198 valence electrons. The number of alkyl carbamates (subject to hydrolysis) is 1. The van der Waals surface area contributed by atoms with Crippen LogP contribution in [0.15, 0.2) is 30.3 Å². The van der Waals surface area contributed by atoms with Crippen molar-refractivity contribution in [1.29, 1.82) is 0 Å². The number of rotatable bonds is 8. The summed E-state index contributed by atoms with van der Waals surface area (Å²) in [6, 6.07) is 9.04. The zero-order valence-electron chi connectivity index (χ0n) is 22.0. The predicted molar refractivity (Wildman–Crippen MR) is 142 cm³/mol. The molecule has 4 rings (SSSR count). The number of hydrogen-bond acceptors (Lipinski definition) is 8. The Balaban J connectivity index is 1.41. The zero-order valence-corrected chi connectivity index (χ0v) is 22.0. The van der Waals surface area contributed by atoms with Gasteiger partial charge in [0.2, 0.25) is 5.95 Å². The second kappa shape index (κ2) is 11.2. The number of nitrogens with zero attached hydrogens (tertiary/aromatic N) is 4. The van der Waals surface area contributed by atoms with Crippen LogP contribution in [0.4, 0.5) is 10.7 Å². The van der Waals surface area contributed by atoms with Crippen molar-refractivity contribution in [3.8, 4) is 5.75 Å². The van der Waals surface area contributed by atoms with E-state index in [4.69, 9.17) is 9.72 Å². The van der Waals surface area contributed by atoms with Crippen LogP contribution < -0.4 is 10.6 Å². The number of anilines is 1. The number of benzene rings is 1. The fraction of sp³-hybridized carbons (Fsp3) is 0.481. The average Bonchev–Trinajstić information content (AvgIpc) is 3.17. The number of carbonyl (C=O) groups excluding carboxylic acids is 2. The van der Waals surface area contributed by atoms with Crippen molar-refractivity contribution >= 4 is 29.4 Å². The molecule has 0 spiro atoms. The zero-order chi connectivity index (χ0) is 26.6. The van der Waals surface area contributed by atoms with Gasteiger partial charge in [0.05, 0.1) is 17.6 Å². The monoisotopic (exact) mass is 508 g/mol. The van der Waals surface area contributed by atoms with Gasteiger partial charge in [0.15, 0.2) is 0 Å². The first-order chi connectivity index (χ1) is 17.6. The lowest BCUT2D eigenvalue weighted by atomic mass is 10.1. The number of aldehydes is 1. The molecule has 2 aromatic heterocycles. The molecule has 0 radical (unpaired) electrons. The van der Waals surface area contributed by atoms with Crippen molar-refractivity contribution < 1.29 is 19.4 Å². The van der Waals surface area contributed by atoms with Crippen LogP contribution in [0.5, 0.6) is 5.75 Å². The summed E-state index contributed by atoms with van der Waals surface area (Å²) in [7, 11) is 0. The summed E-state index contributed by atoms with van der Waals surface area (Å²) < 4.78 is 7.26. The number of fused-ring (bicyclic) bond motifs is 1. The van der Waals surface area contributed by atoms with Crippen LogP contribution in [0.3, 0.4) is 0 Å². The van der Waals surface area contributed by atoms with Gasteiger partial charge in [-0.15, -0.1) is 0 Å². The number of carbonyl (C=O) groups is 2. The highest BCUT2D eigenvalue weighted by Crippen LogP contribution is 2.26. The molecule has 1 aromatic carbocycles. The van der Waals surface area contributed by atoms with Gasteiger partial charge in [-0.25, -0.2) is 9.78 Å². The van der Waals surface area contributed by atoms with E-state index in [0.717, 1.165) is 55.5 Å². The average molecular weight is 509 g/mol. The number of piperidine rings is 1. The number of aromatic hydroxyl groups is 1. The molecule has 1 saturated heterocycles. The summed E-state index contributed by atoms with van der Waals surface area (Å²) in [5, 5.41) is 16.8. The van der Waals surface area contributed by atoms with Crippen LogP contribution in [-0.2, 0) is 11.3 Å². The fourth-order valence-electron chi connectivity index (χ4n) is 4.47. The Labute approximate surface area is 217 Å². The topological polar surface area (TPSA) is 122 Å². The molecule has 0 atom stereocenters. The number of nitrogens with one attached hydrogen (secondary N) is 2.